The van der Waals surface area contributed by atoms with Crippen molar-refractivity contribution in [2.24, 2.45) is 0 Å². The van der Waals surface area contributed by atoms with Crippen LogP contribution in [0.3, 0.4) is 0 Å². The SMILES string of the molecule is COc1ccc(CC(=O)NCCc2ccc(C(F)(F)F)cc2)c(OC)c1OC. The smallest absolute Gasteiger partial charge is 0.416 e. The van der Waals surface area contributed by atoms with E-state index in [2.05, 4.69) is 5.32 Å². The van der Waals surface area contributed by atoms with Crippen LogP contribution in [0.1, 0.15) is 16.7 Å². The van der Waals surface area contributed by atoms with Gasteiger partial charge in [-0.25, -0.2) is 0 Å². The lowest BCUT2D eigenvalue weighted by molar-refractivity contribution is -0.137. The predicted molar refractivity (Wildman–Crippen MR) is 98.0 cm³/mol. The maximum Gasteiger partial charge on any atom is 0.416 e. The average Bonchev–Trinajstić information content (AvgIpc) is 2.67. The normalized spacial score (nSPS) is 11.1. The van der Waals surface area contributed by atoms with E-state index in [1.54, 1.807) is 12.1 Å². The second-order valence-corrected chi connectivity index (χ2v) is 5.96. The summed E-state index contributed by atoms with van der Waals surface area (Å²) in [6.45, 7) is 0.305. The van der Waals surface area contributed by atoms with Crippen LogP contribution in [0.5, 0.6) is 17.2 Å². The van der Waals surface area contributed by atoms with E-state index in [9.17, 15) is 18.0 Å². The summed E-state index contributed by atoms with van der Waals surface area (Å²) < 4.78 is 53.5. The standard InChI is InChI=1S/C20H22F3NO4/c1-26-16-9-6-14(18(27-2)19(16)28-3)12-17(25)24-11-10-13-4-7-15(8-5-13)20(21,22)23/h4-9H,10-12H2,1-3H3,(H,24,25). The summed E-state index contributed by atoms with van der Waals surface area (Å²) in [5.74, 6) is 1.07. The van der Waals surface area contributed by atoms with E-state index in [1.165, 1.54) is 33.5 Å². The molecule has 152 valence electrons. The van der Waals surface area contributed by atoms with Crippen molar-refractivity contribution >= 4 is 5.91 Å². The highest BCUT2D eigenvalue weighted by Crippen LogP contribution is 2.39. The van der Waals surface area contributed by atoms with Gasteiger partial charge in [0.05, 0.1) is 33.3 Å². The zero-order valence-corrected chi connectivity index (χ0v) is 15.9. The number of hydrogen-bond acceptors (Lipinski definition) is 4. The summed E-state index contributed by atoms with van der Waals surface area (Å²) >= 11 is 0. The van der Waals surface area contributed by atoms with Gasteiger partial charge in [0.15, 0.2) is 11.5 Å². The first-order valence-electron chi connectivity index (χ1n) is 8.50. The molecule has 0 saturated carbocycles. The van der Waals surface area contributed by atoms with Crippen molar-refractivity contribution in [2.75, 3.05) is 27.9 Å². The molecule has 8 heteroatoms. The molecule has 5 nitrogen and oxygen atoms in total. The Morgan fingerprint density at radius 3 is 2.11 bits per heavy atom. The molecule has 2 aromatic rings. The number of carbonyl (C=O) groups excluding carboxylic acids is 1. The highest BCUT2D eigenvalue weighted by Gasteiger charge is 2.29. The molecule has 0 aliphatic rings. The Balaban J connectivity index is 1.94. The lowest BCUT2D eigenvalue weighted by Gasteiger charge is -2.15. The van der Waals surface area contributed by atoms with Crippen molar-refractivity contribution in [1.82, 2.24) is 5.32 Å². The predicted octanol–water partition coefficient (Wildman–Crippen LogP) is 3.63. The third-order valence-electron chi connectivity index (χ3n) is 4.15. The minimum absolute atomic E-state index is 0.0660. The van der Waals surface area contributed by atoms with E-state index in [0.29, 0.717) is 41.3 Å². The number of rotatable bonds is 8. The minimum Gasteiger partial charge on any atom is -0.493 e. The molecule has 1 N–H and O–H groups in total. The van der Waals surface area contributed by atoms with Gasteiger partial charge in [-0.1, -0.05) is 18.2 Å². The quantitative estimate of drug-likeness (QED) is 0.739. The van der Waals surface area contributed by atoms with Gasteiger partial charge >= 0.3 is 6.18 Å². The molecule has 2 aromatic carbocycles. The van der Waals surface area contributed by atoms with E-state index in [1.807, 2.05) is 0 Å². The number of alkyl halides is 3. The van der Waals surface area contributed by atoms with Gasteiger partial charge in [0.25, 0.3) is 0 Å². The number of hydrogen-bond donors (Lipinski definition) is 1. The second kappa shape index (κ2) is 9.34. The van der Waals surface area contributed by atoms with Gasteiger partial charge in [-0.15, -0.1) is 0 Å². The molecule has 0 fully saturated rings. The topological polar surface area (TPSA) is 56.8 Å². The summed E-state index contributed by atoms with van der Waals surface area (Å²) in [6.07, 6.45) is -3.87. The van der Waals surface area contributed by atoms with Crippen LogP contribution in [0.4, 0.5) is 13.2 Å². The van der Waals surface area contributed by atoms with Gasteiger partial charge in [-0.3, -0.25) is 4.79 Å². The first-order chi connectivity index (χ1) is 13.3. The van der Waals surface area contributed by atoms with E-state index in [-0.39, 0.29) is 12.3 Å². The number of benzene rings is 2. The molecule has 0 heterocycles. The molecule has 0 saturated heterocycles. The molecule has 1 amide bonds. The van der Waals surface area contributed by atoms with Crippen molar-refractivity contribution in [2.45, 2.75) is 19.0 Å². The Morgan fingerprint density at radius 2 is 1.57 bits per heavy atom. The molecule has 2 rings (SSSR count). The summed E-state index contributed by atoms with van der Waals surface area (Å²) in [6, 6.07) is 8.29. The third kappa shape index (κ3) is 5.31. The van der Waals surface area contributed by atoms with Gasteiger partial charge in [0, 0.05) is 12.1 Å². The fraction of sp³-hybridized carbons (Fsp3) is 0.350. The Bertz CT molecular complexity index is 804. The van der Waals surface area contributed by atoms with E-state index >= 15 is 0 Å². The van der Waals surface area contributed by atoms with E-state index in [0.717, 1.165) is 12.1 Å². The first kappa shape index (κ1) is 21.4. The van der Waals surface area contributed by atoms with Crippen molar-refractivity contribution in [3.63, 3.8) is 0 Å². The molecule has 0 atom stereocenters. The van der Waals surface area contributed by atoms with Crippen molar-refractivity contribution < 1.29 is 32.2 Å². The van der Waals surface area contributed by atoms with Crippen LogP contribution in [0.2, 0.25) is 0 Å². The molecule has 0 radical (unpaired) electrons. The lowest BCUT2D eigenvalue weighted by Crippen LogP contribution is -2.27. The molecular formula is C20H22F3NO4. The number of nitrogens with one attached hydrogen (secondary N) is 1. The largest absolute Gasteiger partial charge is 0.493 e. The van der Waals surface area contributed by atoms with E-state index in [4.69, 9.17) is 14.2 Å². The number of ether oxygens (including phenoxy) is 3. The molecular weight excluding hydrogens is 375 g/mol. The van der Waals surface area contributed by atoms with Crippen LogP contribution in [0.25, 0.3) is 0 Å². The summed E-state index contributed by atoms with van der Waals surface area (Å²) in [5.41, 5.74) is 0.644. The summed E-state index contributed by atoms with van der Waals surface area (Å²) in [4.78, 5) is 12.2. The van der Waals surface area contributed by atoms with Crippen LogP contribution in [-0.4, -0.2) is 33.8 Å². The highest BCUT2D eigenvalue weighted by molar-refractivity contribution is 5.80. The summed E-state index contributed by atoms with van der Waals surface area (Å²) in [7, 11) is 4.46. The maximum absolute atomic E-state index is 12.6. The van der Waals surface area contributed by atoms with Crippen LogP contribution in [0.15, 0.2) is 36.4 Å². The van der Waals surface area contributed by atoms with E-state index < -0.39 is 11.7 Å². The lowest BCUT2D eigenvalue weighted by atomic mass is 10.1. The highest BCUT2D eigenvalue weighted by atomic mass is 19.4. The molecule has 0 unspecified atom stereocenters. The average molecular weight is 397 g/mol. The minimum atomic E-state index is -4.36. The number of methoxy groups -OCH3 is 3. The zero-order chi connectivity index (χ0) is 20.7. The monoisotopic (exact) mass is 397 g/mol. The fourth-order valence-corrected chi connectivity index (χ4v) is 2.74. The third-order valence-corrected chi connectivity index (χ3v) is 4.15. The Kier molecular flexibility index (Phi) is 7.14. The first-order valence-corrected chi connectivity index (χ1v) is 8.50. The second-order valence-electron chi connectivity index (χ2n) is 5.96. The van der Waals surface area contributed by atoms with Crippen LogP contribution < -0.4 is 19.5 Å². The maximum atomic E-state index is 12.6. The Labute approximate surface area is 161 Å². The zero-order valence-electron chi connectivity index (χ0n) is 15.9. The number of halogens is 3. The fourth-order valence-electron chi connectivity index (χ4n) is 2.74. The van der Waals surface area contributed by atoms with Gasteiger partial charge in [0.1, 0.15) is 0 Å². The molecule has 0 bridgehead atoms. The Morgan fingerprint density at radius 1 is 0.929 bits per heavy atom. The number of carbonyl (C=O) groups is 1. The summed E-state index contributed by atoms with van der Waals surface area (Å²) in [5, 5.41) is 2.75. The van der Waals surface area contributed by atoms with Gasteiger partial charge in [-0.05, 0) is 30.2 Å². The van der Waals surface area contributed by atoms with Crippen LogP contribution in [0, 0.1) is 0 Å². The Hall–Kier alpha value is -2.90. The molecule has 0 aliphatic carbocycles. The van der Waals surface area contributed by atoms with Gasteiger partial charge < -0.3 is 19.5 Å². The van der Waals surface area contributed by atoms with Crippen molar-refractivity contribution in [3.8, 4) is 17.2 Å². The van der Waals surface area contributed by atoms with Crippen LogP contribution in [-0.2, 0) is 23.8 Å². The van der Waals surface area contributed by atoms with Gasteiger partial charge in [-0.2, -0.15) is 13.2 Å². The van der Waals surface area contributed by atoms with Gasteiger partial charge in [0.2, 0.25) is 11.7 Å². The number of amides is 1. The van der Waals surface area contributed by atoms with Crippen molar-refractivity contribution in [3.05, 3.63) is 53.1 Å². The molecule has 28 heavy (non-hydrogen) atoms. The molecule has 0 aliphatic heterocycles. The molecule has 0 aromatic heterocycles. The molecule has 0 spiro atoms. The van der Waals surface area contributed by atoms with Crippen LogP contribution >= 0.6 is 0 Å². The van der Waals surface area contributed by atoms with Crippen molar-refractivity contribution in [1.29, 1.82) is 0 Å².